The summed E-state index contributed by atoms with van der Waals surface area (Å²) in [6.45, 7) is 2.63. The Bertz CT molecular complexity index is 423. The van der Waals surface area contributed by atoms with Crippen LogP contribution >= 0.6 is 11.6 Å². The smallest absolute Gasteiger partial charge is 0.152 e. The molecule has 0 fully saturated rings. The maximum atomic E-state index is 5.84. The highest BCUT2D eigenvalue weighted by Crippen LogP contribution is 2.12. The molecule has 74 valence electrons. The number of anilines is 1. The van der Waals surface area contributed by atoms with Gasteiger partial charge in [-0.3, -0.25) is 0 Å². The Kier molecular flexibility index (Phi) is 2.54. The Balaban J connectivity index is 2.27. The Hall–Kier alpha value is -1.29. The molecule has 1 N–H and O–H groups in total. The first kappa shape index (κ1) is 9.27. The van der Waals surface area contributed by atoms with Crippen molar-refractivity contribution in [3.63, 3.8) is 0 Å². The largest absolute Gasteiger partial charge is 0.367 e. The third kappa shape index (κ3) is 1.80. The molecule has 4 nitrogen and oxygen atoms in total. The summed E-state index contributed by atoms with van der Waals surface area (Å²) in [5.74, 6) is 0.817. The second-order valence-electron chi connectivity index (χ2n) is 3.10. The van der Waals surface area contributed by atoms with E-state index in [9.17, 15) is 0 Å². The second-order valence-corrected chi connectivity index (χ2v) is 3.84. The molecule has 2 aromatic rings. The van der Waals surface area contributed by atoms with Gasteiger partial charge in [-0.05, 0) is 13.0 Å². The molecule has 2 aromatic heterocycles. The van der Waals surface area contributed by atoms with Crippen molar-refractivity contribution in [1.29, 1.82) is 0 Å². The summed E-state index contributed by atoms with van der Waals surface area (Å²) >= 11 is 5.84. The molecule has 0 aromatic carbocycles. The maximum Gasteiger partial charge on any atom is 0.152 e. The van der Waals surface area contributed by atoms with Crippen LogP contribution < -0.4 is 5.32 Å². The van der Waals surface area contributed by atoms with Gasteiger partial charge in [-0.25, -0.2) is 9.50 Å². The Morgan fingerprint density at radius 1 is 1.57 bits per heavy atom. The molecule has 1 unspecified atom stereocenters. The molecular formula is C9H11ClN4. The number of nitrogens with one attached hydrogen (secondary N) is 1. The van der Waals surface area contributed by atoms with Crippen molar-refractivity contribution in [2.75, 3.05) is 11.9 Å². The number of fused-ring (bicyclic) bond motifs is 1. The predicted octanol–water partition coefficient (Wildman–Crippen LogP) is 1.77. The number of hydrogen-bond acceptors (Lipinski definition) is 3. The fraction of sp³-hybridized carbons (Fsp3) is 0.333. The first-order chi connectivity index (χ1) is 6.77. The van der Waals surface area contributed by atoms with Crippen molar-refractivity contribution in [3.05, 3.63) is 24.7 Å². The standard InChI is InChI=1S/C9H11ClN4/c1-7(10)6-12-9-8-2-3-13-14(8)5-4-11-9/h2-5,7H,6H2,1H3,(H,11,12). The van der Waals surface area contributed by atoms with Crippen LogP contribution in [0.15, 0.2) is 24.7 Å². The summed E-state index contributed by atoms with van der Waals surface area (Å²) in [7, 11) is 0. The highest BCUT2D eigenvalue weighted by molar-refractivity contribution is 6.20. The van der Waals surface area contributed by atoms with Gasteiger partial charge in [-0.1, -0.05) is 0 Å². The number of rotatable bonds is 3. The van der Waals surface area contributed by atoms with E-state index in [1.54, 1.807) is 16.9 Å². The van der Waals surface area contributed by atoms with E-state index in [0.29, 0.717) is 6.54 Å². The van der Waals surface area contributed by atoms with Crippen molar-refractivity contribution in [3.8, 4) is 0 Å². The molecule has 0 spiro atoms. The van der Waals surface area contributed by atoms with Crippen LogP contribution in [0.2, 0.25) is 0 Å². The lowest BCUT2D eigenvalue weighted by atomic mass is 10.4. The van der Waals surface area contributed by atoms with Crippen LogP contribution in [-0.2, 0) is 0 Å². The molecule has 0 amide bonds. The summed E-state index contributed by atoms with van der Waals surface area (Å²) in [4.78, 5) is 4.22. The summed E-state index contributed by atoms with van der Waals surface area (Å²) in [6.07, 6.45) is 5.26. The summed E-state index contributed by atoms with van der Waals surface area (Å²) in [6, 6.07) is 1.91. The lowest BCUT2D eigenvalue weighted by Gasteiger charge is -2.07. The van der Waals surface area contributed by atoms with Crippen LogP contribution in [0.3, 0.4) is 0 Å². The predicted molar refractivity (Wildman–Crippen MR) is 56.8 cm³/mol. The number of nitrogens with zero attached hydrogens (tertiary/aromatic N) is 3. The highest BCUT2D eigenvalue weighted by Gasteiger charge is 2.03. The third-order valence-corrected chi connectivity index (χ3v) is 2.03. The van der Waals surface area contributed by atoms with E-state index >= 15 is 0 Å². The van der Waals surface area contributed by atoms with Crippen molar-refractivity contribution in [1.82, 2.24) is 14.6 Å². The highest BCUT2D eigenvalue weighted by atomic mass is 35.5. The summed E-state index contributed by atoms with van der Waals surface area (Å²) in [5, 5.41) is 7.36. The molecule has 0 aliphatic heterocycles. The van der Waals surface area contributed by atoms with Gasteiger partial charge in [0.05, 0.1) is 6.20 Å². The van der Waals surface area contributed by atoms with E-state index in [-0.39, 0.29) is 5.38 Å². The monoisotopic (exact) mass is 210 g/mol. The summed E-state index contributed by atoms with van der Waals surface area (Å²) < 4.78 is 1.77. The van der Waals surface area contributed by atoms with E-state index in [4.69, 9.17) is 11.6 Å². The maximum absolute atomic E-state index is 5.84. The minimum absolute atomic E-state index is 0.0833. The van der Waals surface area contributed by atoms with E-state index < -0.39 is 0 Å². The van der Waals surface area contributed by atoms with E-state index in [1.165, 1.54) is 0 Å². The second kappa shape index (κ2) is 3.84. The zero-order chi connectivity index (χ0) is 9.97. The first-order valence-corrected chi connectivity index (χ1v) is 4.87. The van der Waals surface area contributed by atoms with Gasteiger partial charge in [0.1, 0.15) is 5.52 Å². The quantitative estimate of drug-likeness (QED) is 0.786. The molecule has 0 saturated carbocycles. The Labute approximate surface area is 86.9 Å². The first-order valence-electron chi connectivity index (χ1n) is 4.43. The van der Waals surface area contributed by atoms with Gasteiger partial charge < -0.3 is 5.32 Å². The minimum Gasteiger partial charge on any atom is -0.367 e. The third-order valence-electron chi connectivity index (χ3n) is 1.88. The van der Waals surface area contributed by atoms with Gasteiger partial charge in [0.15, 0.2) is 5.82 Å². The molecule has 2 heterocycles. The molecule has 0 aliphatic rings. The average Bonchev–Trinajstić information content (AvgIpc) is 2.62. The lowest BCUT2D eigenvalue weighted by Crippen LogP contribution is -2.12. The van der Waals surface area contributed by atoms with Crippen molar-refractivity contribution in [2.45, 2.75) is 12.3 Å². The molecule has 5 heteroatoms. The van der Waals surface area contributed by atoms with Crippen LogP contribution in [0.4, 0.5) is 5.82 Å². The number of hydrogen-bond donors (Lipinski definition) is 1. The van der Waals surface area contributed by atoms with Gasteiger partial charge in [0.2, 0.25) is 0 Å². The minimum atomic E-state index is 0.0833. The molecule has 0 bridgehead atoms. The van der Waals surface area contributed by atoms with Crippen molar-refractivity contribution >= 4 is 22.9 Å². The van der Waals surface area contributed by atoms with Crippen LogP contribution in [0, 0.1) is 0 Å². The van der Waals surface area contributed by atoms with Crippen LogP contribution in [0.1, 0.15) is 6.92 Å². The van der Waals surface area contributed by atoms with Crippen LogP contribution in [-0.4, -0.2) is 26.5 Å². The number of aromatic nitrogens is 3. The fourth-order valence-corrected chi connectivity index (χ4v) is 1.31. The molecule has 0 saturated heterocycles. The van der Waals surface area contributed by atoms with Gasteiger partial charge in [-0.15, -0.1) is 11.6 Å². The fourth-order valence-electron chi connectivity index (χ4n) is 1.23. The van der Waals surface area contributed by atoms with Crippen molar-refractivity contribution < 1.29 is 0 Å². The molecule has 1 atom stereocenters. The SMILES string of the molecule is CC(Cl)CNc1nccn2nccc12. The van der Waals surface area contributed by atoms with Gasteiger partial charge in [-0.2, -0.15) is 5.10 Å². The van der Waals surface area contributed by atoms with E-state index in [2.05, 4.69) is 15.4 Å². The lowest BCUT2D eigenvalue weighted by molar-refractivity contribution is 0.932. The molecule has 0 aliphatic carbocycles. The molecule has 0 radical (unpaired) electrons. The zero-order valence-corrected chi connectivity index (χ0v) is 8.57. The Morgan fingerprint density at radius 3 is 3.21 bits per heavy atom. The van der Waals surface area contributed by atoms with Gasteiger partial charge in [0, 0.05) is 24.3 Å². The van der Waals surface area contributed by atoms with E-state index in [0.717, 1.165) is 11.3 Å². The van der Waals surface area contributed by atoms with Crippen LogP contribution in [0.25, 0.3) is 5.52 Å². The van der Waals surface area contributed by atoms with Crippen LogP contribution in [0.5, 0.6) is 0 Å². The molecule has 14 heavy (non-hydrogen) atoms. The topological polar surface area (TPSA) is 42.2 Å². The molecule has 2 rings (SSSR count). The number of alkyl halides is 1. The summed E-state index contributed by atoms with van der Waals surface area (Å²) in [5.41, 5.74) is 0.963. The van der Waals surface area contributed by atoms with Gasteiger partial charge >= 0.3 is 0 Å². The average molecular weight is 211 g/mol. The number of halogens is 1. The van der Waals surface area contributed by atoms with E-state index in [1.807, 2.05) is 19.2 Å². The molecular weight excluding hydrogens is 200 g/mol. The van der Waals surface area contributed by atoms with Crippen molar-refractivity contribution in [2.24, 2.45) is 0 Å². The zero-order valence-electron chi connectivity index (χ0n) is 7.81. The Morgan fingerprint density at radius 2 is 2.43 bits per heavy atom. The van der Waals surface area contributed by atoms with Gasteiger partial charge in [0.25, 0.3) is 0 Å². The normalized spacial score (nSPS) is 13.0.